The number of nitrogens with one attached hydrogen (secondary N) is 1. The molecule has 1 rings (SSSR count). The molecule has 0 bridgehead atoms. The van der Waals surface area contributed by atoms with Gasteiger partial charge in [0.25, 0.3) is 0 Å². The zero-order valence-corrected chi connectivity index (χ0v) is 8.42. The largest absolute Gasteiger partial charge is 0.384 e. The first-order chi connectivity index (χ1) is 7.19. The summed E-state index contributed by atoms with van der Waals surface area (Å²) in [5, 5.41) is 20.3. The van der Waals surface area contributed by atoms with Gasteiger partial charge in [0.15, 0.2) is 5.57 Å². The van der Waals surface area contributed by atoms with Crippen LogP contribution in [0.5, 0.6) is 0 Å². The number of benzene rings is 1. The maximum atomic E-state index is 8.56. The van der Waals surface area contributed by atoms with E-state index in [0.29, 0.717) is 10.7 Å². The zero-order chi connectivity index (χ0) is 11.3. The maximum Gasteiger partial charge on any atom is 0.169 e. The molecule has 1 aromatic rings. The summed E-state index contributed by atoms with van der Waals surface area (Å²) in [6, 6.07) is 10.3. The van der Waals surface area contributed by atoms with Gasteiger partial charge >= 0.3 is 0 Å². The van der Waals surface area contributed by atoms with Crippen molar-refractivity contribution in [3.05, 3.63) is 40.7 Å². The molecule has 0 unspecified atom stereocenters. The Bertz CT molecular complexity index is 463. The Morgan fingerprint density at radius 2 is 1.87 bits per heavy atom. The molecule has 0 radical (unpaired) electrons. The summed E-state index contributed by atoms with van der Waals surface area (Å²) in [6.45, 7) is 0. The molecule has 0 heterocycles. The minimum Gasteiger partial charge on any atom is -0.384 e. The predicted molar refractivity (Wildman–Crippen MR) is 57.5 cm³/mol. The average molecular weight is 219 g/mol. The van der Waals surface area contributed by atoms with Gasteiger partial charge in [0.05, 0.1) is 10.7 Å². The van der Waals surface area contributed by atoms with Gasteiger partial charge in [-0.1, -0.05) is 23.7 Å². The van der Waals surface area contributed by atoms with Gasteiger partial charge < -0.3 is 11.1 Å². The number of hydrogen-bond acceptors (Lipinski definition) is 4. The van der Waals surface area contributed by atoms with E-state index in [1.54, 1.807) is 36.4 Å². The Kier molecular flexibility index (Phi) is 3.56. The molecule has 0 aliphatic carbocycles. The normalized spacial score (nSPS) is 8.47. The summed E-state index contributed by atoms with van der Waals surface area (Å²) in [5.41, 5.74) is 5.89. The van der Waals surface area contributed by atoms with Crippen molar-refractivity contribution in [1.82, 2.24) is 0 Å². The minimum absolute atomic E-state index is 0.00639. The van der Waals surface area contributed by atoms with Crippen molar-refractivity contribution >= 4 is 17.3 Å². The Hall–Kier alpha value is -2.17. The number of hydrogen-bond donors (Lipinski definition) is 2. The van der Waals surface area contributed by atoms with Crippen molar-refractivity contribution in [1.29, 1.82) is 10.5 Å². The van der Waals surface area contributed by atoms with E-state index in [0.717, 1.165) is 0 Å². The van der Waals surface area contributed by atoms with Crippen LogP contribution in [0.2, 0.25) is 5.02 Å². The highest BCUT2D eigenvalue weighted by Crippen LogP contribution is 2.21. The molecule has 0 aromatic heterocycles. The molecule has 0 fully saturated rings. The molecule has 0 saturated carbocycles. The summed E-state index contributed by atoms with van der Waals surface area (Å²) in [5.74, 6) is -0.00639. The molecule has 0 spiro atoms. The highest BCUT2D eigenvalue weighted by molar-refractivity contribution is 6.33. The smallest absolute Gasteiger partial charge is 0.169 e. The monoisotopic (exact) mass is 218 g/mol. The van der Waals surface area contributed by atoms with Crippen molar-refractivity contribution in [3.8, 4) is 12.1 Å². The number of rotatable bonds is 2. The van der Waals surface area contributed by atoms with Crippen LogP contribution in [-0.2, 0) is 0 Å². The van der Waals surface area contributed by atoms with E-state index >= 15 is 0 Å². The first-order valence-corrected chi connectivity index (χ1v) is 4.38. The summed E-state index contributed by atoms with van der Waals surface area (Å²) >= 11 is 5.85. The van der Waals surface area contributed by atoms with Gasteiger partial charge in [-0.05, 0) is 12.1 Å². The molecule has 0 saturated heterocycles. The Balaban J connectivity index is 3.00. The summed E-state index contributed by atoms with van der Waals surface area (Å²) in [7, 11) is 0. The van der Waals surface area contributed by atoms with Crippen molar-refractivity contribution in [2.24, 2.45) is 5.73 Å². The number of nitrogens with zero attached hydrogens (tertiary/aromatic N) is 2. The van der Waals surface area contributed by atoms with E-state index in [-0.39, 0.29) is 11.4 Å². The highest BCUT2D eigenvalue weighted by atomic mass is 35.5. The number of para-hydroxylation sites is 1. The van der Waals surface area contributed by atoms with E-state index in [2.05, 4.69) is 5.32 Å². The van der Waals surface area contributed by atoms with Crippen molar-refractivity contribution in [3.63, 3.8) is 0 Å². The highest BCUT2D eigenvalue weighted by Gasteiger charge is 2.04. The van der Waals surface area contributed by atoms with E-state index in [9.17, 15) is 0 Å². The molecule has 0 aliphatic heterocycles. The molecule has 15 heavy (non-hydrogen) atoms. The Morgan fingerprint density at radius 3 is 2.40 bits per heavy atom. The van der Waals surface area contributed by atoms with Crippen LogP contribution in [0.3, 0.4) is 0 Å². The second-order valence-electron chi connectivity index (χ2n) is 2.62. The summed E-state index contributed by atoms with van der Waals surface area (Å²) in [4.78, 5) is 0. The van der Waals surface area contributed by atoms with Crippen LogP contribution in [0.4, 0.5) is 5.69 Å². The molecule has 74 valence electrons. The predicted octanol–water partition coefficient (Wildman–Crippen LogP) is 1.97. The second kappa shape index (κ2) is 4.90. The molecule has 5 heteroatoms. The van der Waals surface area contributed by atoms with E-state index in [4.69, 9.17) is 27.9 Å². The van der Waals surface area contributed by atoms with Gasteiger partial charge in [-0.25, -0.2) is 0 Å². The van der Waals surface area contributed by atoms with Gasteiger partial charge in [0, 0.05) is 0 Å². The lowest BCUT2D eigenvalue weighted by atomic mass is 10.3. The van der Waals surface area contributed by atoms with Gasteiger partial charge in [-0.3, -0.25) is 0 Å². The fourth-order valence-electron chi connectivity index (χ4n) is 0.916. The maximum absolute atomic E-state index is 8.56. The molecular weight excluding hydrogens is 212 g/mol. The lowest BCUT2D eigenvalue weighted by Gasteiger charge is -2.07. The van der Waals surface area contributed by atoms with Crippen LogP contribution in [-0.4, -0.2) is 0 Å². The van der Waals surface area contributed by atoms with Crippen LogP contribution >= 0.6 is 11.6 Å². The van der Waals surface area contributed by atoms with E-state index < -0.39 is 0 Å². The average Bonchev–Trinajstić information content (AvgIpc) is 2.23. The number of nitriles is 2. The fourth-order valence-corrected chi connectivity index (χ4v) is 1.10. The third-order valence-corrected chi connectivity index (χ3v) is 1.97. The molecule has 4 nitrogen and oxygen atoms in total. The van der Waals surface area contributed by atoms with Crippen molar-refractivity contribution < 1.29 is 0 Å². The Morgan fingerprint density at radius 1 is 1.27 bits per heavy atom. The van der Waals surface area contributed by atoms with Gasteiger partial charge in [-0.2, -0.15) is 10.5 Å². The van der Waals surface area contributed by atoms with E-state index in [1.165, 1.54) is 0 Å². The van der Waals surface area contributed by atoms with E-state index in [1.807, 2.05) is 0 Å². The van der Waals surface area contributed by atoms with Gasteiger partial charge in [0.2, 0.25) is 0 Å². The lowest BCUT2D eigenvalue weighted by Crippen LogP contribution is -2.11. The standard InChI is InChI=1S/C10H7ClN4/c11-8-3-1-2-4-9(8)15-10(14)7(5-12)6-13/h1-4,15H,14H2. The van der Waals surface area contributed by atoms with Crippen molar-refractivity contribution in [2.45, 2.75) is 0 Å². The number of anilines is 1. The minimum atomic E-state index is -0.171. The lowest BCUT2D eigenvalue weighted by molar-refractivity contribution is 1.27. The Labute approximate surface area is 92.2 Å². The first kappa shape index (κ1) is 10.9. The summed E-state index contributed by atoms with van der Waals surface area (Å²) < 4.78 is 0. The molecular formula is C10H7ClN4. The van der Waals surface area contributed by atoms with Crippen LogP contribution < -0.4 is 11.1 Å². The topological polar surface area (TPSA) is 85.6 Å². The van der Waals surface area contributed by atoms with Gasteiger partial charge in [0.1, 0.15) is 18.0 Å². The SMILES string of the molecule is N#CC(C#N)=C(N)Nc1ccccc1Cl. The zero-order valence-electron chi connectivity index (χ0n) is 7.66. The number of halogens is 1. The van der Waals surface area contributed by atoms with Crippen LogP contribution in [0, 0.1) is 22.7 Å². The number of nitrogens with two attached hydrogens (primary N) is 1. The fraction of sp³-hybridized carbons (Fsp3) is 0. The van der Waals surface area contributed by atoms with Crippen LogP contribution in [0.25, 0.3) is 0 Å². The molecule has 0 atom stereocenters. The molecule has 0 aliphatic rings. The van der Waals surface area contributed by atoms with Crippen LogP contribution in [0.15, 0.2) is 35.7 Å². The van der Waals surface area contributed by atoms with Gasteiger partial charge in [-0.15, -0.1) is 0 Å². The first-order valence-electron chi connectivity index (χ1n) is 4.00. The second-order valence-corrected chi connectivity index (χ2v) is 3.02. The quantitative estimate of drug-likeness (QED) is 0.743. The third kappa shape index (κ3) is 2.63. The third-order valence-electron chi connectivity index (χ3n) is 1.64. The molecule has 1 aromatic carbocycles. The van der Waals surface area contributed by atoms with Crippen LogP contribution in [0.1, 0.15) is 0 Å². The molecule has 3 N–H and O–H groups in total. The number of allylic oxidation sites excluding steroid dienone is 1. The summed E-state index contributed by atoms with van der Waals surface area (Å²) in [6.07, 6.45) is 0. The van der Waals surface area contributed by atoms with Crippen molar-refractivity contribution in [2.75, 3.05) is 5.32 Å². The molecule has 0 amide bonds.